The molecule has 2 aromatic rings. The van der Waals surface area contributed by atoms with Crippen molar-refractivity contribution in [1.29, 1.82) is 0 Å². The van der Waals surface area contributed by atoms with Crippen molar-refractivity contribution >= 4 is 17.0 Å². The SMILES string of the molecule is CCOC(=O)NCc1ccc2ncccc2c1. The smallest absolute Gasteiger partial charge is 0.407 e. The molecule has 0 unspecified atom stereocenters. The Bertz CT molecular complexity index is 526. The number of fused-ring (bicyclic) bond motifs is 1. The number of nitrogens with zero attached hydrogens (tertiary/aromatic N) is 1. The number of amides is 1. The Morgan fingerprint density at radius 1 is 1.41 bits per heavy atom. The van der Waals surface area contributed by atoms with Crippen molar-refractivity contribution < 1.29 is 9.53 Å². The van der Waals surface area contributed by atoms with Gasteiger partial charge in [0.25, 0.3) is 0 Å². The van der Waals surface area contributed by atoms with Crippen LogP contribution < -0.4 is 5.32 Å². The van der Waals surface area contributed by atoms with E-state index in [9.17, 15) is 4.79 Å². The largest absolute Gasteiger partial charge is 0.450 e. The first-order chi connectivity index (χ1) is 8.29. The number of carbonyl (C=O) groups is 1. The molecule has 2 rings (SSSR count). The second-order valence-electron chi connectivity index (χ2n) is 3.60. The molecule has 88 valence electrons. The van der Waals surface area contributed by atoms with Crippen molar-refractivity contribution in [3.8, 4) is 0 Å². The lowest BCUT2D eigenvalue weighted by Gasteiger charge is -2.06. The predicted molar refractivity (Wildman–Crippen MR) is 65.6 cm³/mol. The highest BCUT2D eigenvalue weighted by Crippen LogP contribution is 2.12. The molecule has 0 spiro atoms. The number of pyridine rings is 1. The normalized spacial score (nSPS) is 10.2. The van der Waals surface area contributed by atoms with Gasteiger partial charge in [0.15, 0.2) is 0 Å². The van der Waals surface area contributed by atoms with Gasteiger partial charge in [-0.1, -0.05) is 12.1 Å². The van der Waals surface area contributed by atoms with Crippen molar-refractivity contribution in [3.63, 3.8) is 0 Å². The minimum Gasteiger partial charge on any atom is -0.450 e. The van der Waals surface area contributed by atoms with Crippen molar-refractivity contribution in [1.82, 2.24) is 10.3 Å². The molecule has 0 radical (unpaired) electrons. The molecular weight excluding hydrogens is 216 g/mol. The van der Waals surface area contributed by atoms with E-state index in [0.717, 1.165) is 16.5 Å². The van der Waals surface area contributed by atoms with Crippen molar-refractivity contribution in [3.05, 3.63) is 42.1 Å². The number of carbonyl (C=O) groups excluding carboxylic acids is 1. The Morgan fingerprint density at radius 3 is 3.12 bits per heavy atom. The molecule has 4 heteroatoms. The van der Waals surface area contributed by atoms with Gasteiger partial charge in [-0.25, -0.2) is 4.79 Å². The Morgan fingerprint density at radius 2 is 2.29 bits per heavy atom. The van der Waals surface area contributed by atoms with E-state index in [2.05, 4.69) is 10.3 Å². The van der Waals surface area contributed by atoms with Crippen LogP contribution in [-0.4, -0.2) is 17.7 Å². The summed E-state index contributed by atoms with van der Waals surface area (Å²) >= 11 is 0. The number of ether oxygens (including phenoxy) is 1. The molecule has 1 N–H and O–H groups in total. The van der Waals surface area contributed by atoms with Crippen LogP contribution in [0.3, 0.4) is 0 Å². The van der Waals surface area contributed by atoms with Gasteiger partial charge < -0.3 is 10.1 Å². The van der Waals surface area contributed by atoms with Gasteiger partial charge in [-0.05, 0) is 30.7 Å². The summed E-state index contributed by atoms with van der Waals surface area (Å²) in [5, 5.41) is 3.75. The molecule has 0 saturated heterocycles. The highest BCUT2D eigenvalue weighted by Gasteiger charge is 2.01. The third-order valence-electron chi connectivity index (χ3n) is 2.38. The van der Waals surface area contributed by atoms with E-state index in [-0.39, 0.29) is 0 Å². The molecule has 1 amide bonds. The molecule has 0 aliphatic carbocycles. The molecule has 1 heterocycles. The predicted octanol–water partition coefficient (Wildman–Crippen LogP) is 2.48. The molecule has 0 fully saturated rings. The summed E-state index contributed by atoms with van der Waals surface area (Å²) in [5.74, 6) is 0. The molecule has 0 saturated carbocycles. The number of nitrogens with one attached hydrogen (secondary N) is 1. The number of rotatable bonds is 3. The standard InChI is InChI=1S/C13H14N2O2/c1-2-17-13(16)15-9-10-5-6-12-11(8-10)4-3-7-14-12/h3-8H,2,9H2,1H3,(H,15,16). The first kappa shape index (κ1) is 11.4. The number of hydrogen-bond acceptors (Lipinski definition) is 3. The lowest BCUT2D eigenvalue weighted by molar-refractivity contribution is 0.151. The van der Waals surface area contributed by atoms with Crippen LogP contribution >= 0.6 is 0 Å². The van der Waals surface area contributed by atoms with Crippen LogP contribution in [0, 0.1) is 0 Å². The molecule has 1 aromatic carbocycles. The number of aromatic nitrogens is 1. The minimum atomic E-state index is -0.390. The summed E-state index contributed by atoms with van der Waals surface area (Å²) in [5.41, 5.74) is 1.98. The number of hydrogen-bond donors (Lipinski definition) is 1. The Kier molecular flexibility index (Phi) is 3.55. The average molecular weight is 230 g/mol. The van der Waals surface area contributed by atoms with Crippen LogP contribution in [0.5, 0.6) is 0 Å². The highest BCUT2D eigenvalue weighted by molar-refractivity contribution is 5.79. The Labute approximate surface area is 99.6 Å². The third-order valence-corrected chi connectivity index (χ3v) is 2.38. The summed E-state index contributed by atoms with van der Waals surface area (Å²) in [6.45, 7) is 2.62. The quantitative estimate of drug-likeness (QED) is 0.881. The first-order valence-corrected chi connectivity index (χ1v) is 5.54. The van der Waals surface area contributed by atoms with Gasteiger partial charge in [0, 0.05) is 18.1 Å². The lowest BCUT2D eigenvalue weighted by atomic mass is 10.1. The van der Waals surface area contributed by atoms with E-state index in [4.69, 9.17) is 4.74 Å². The van der Waals surface area contributed by atoms with Gasteiger partial charge in [0.2, 0.25) is 0 Å². The maximum atomic E-state index is 11.1. The average Bonchev–Trinajstić information content (AvgIpc) is 2.36. The summed E-state index contributed by atoms with van der Waals surface area (Å²) in [4.78, 5) is 15.4. The van der Waals surface area contributed by atoms with E-state index in [1.54, 1.807) is 13.1 Å². The zero-order valence-electron chi connectivity index (χ0n) is 9.64. The molecule has 0 aliphatic heterocycles. The summed E-state index contributed by atoms with van der Waals surface area (Å²) in [7, 11) is 0. The van der Waals surface area contributed by atoms with E-state index in [1.165, 1.54) is 0 Å². The fourth-order valence-corrected chi connectivity index (χ4v) is 1.59. The van der Waals surface area contributed by atoms with Gasteiger partial charge in [-0.15, -0.1) is 0 Å². The summed E-state index contributed by atoms with van der Waals surface area (Å²) < 4.78 is 4.79. The lowest BCUT2D eigenvalue weighted by Crippen LogP contribution is -2.23. The highest BCUT2D eigenvalue weighted by atomic mass is 16.5. The minimum absolute atomic E-state index is 0.382. The van der Waals surface area contributed by atoms with Crippen LogP contribution in [0.4, 0.5) is 4.79 Å². The van der Waals surface area contributed by atoms with E-state index < -0.39 is 6.09 Å². The van der Waals surface area contributed by atoms with Gasteiger partial charge in [-0.3, -0.25) is 4.98 Å². The van der Waals surface area contributed by atoms with E-state index in [0.29, 0.717) is 13.2 Å². The summed E-state index contributed by atoms with van der Waals surface area (Å²) in [6.07, 6.45) is 1.37. The van der Waals surface area contributed by atoms with E-state index >= 15 is 0 Å². The second kappa shape index (κ2) is 5.30. The number of alkyl carbamates (subject to hydrolysis) is 1. The molecule has 1 aromatic heterocycles. The van der Waals surface area contributed by atoms with Crippen LogP contribution in [-0.2, 0) is 11.3 Å². The van der Waals surface area contributed by atoms with Gasteiger partial charge >= 0.3 is 6.09 Å². The van der Waals surface area contributed by atoms with Gasteiger partial charge in [-0.2, -0.15) is 0 Å². The Hall–Kier alpha value is -2.10. The fourth-order valence-electron chi connectivity index (χ4n) is 1.59. The first-order valence-electron chi connectivity index (χ1n) is 5.54. The maximum Gasteiger partial charge on any atom is 0.407 e. The zero-order chi connectivity index (χ0) is 12.1. The molecule has 0 aliphatic rings. The van der Waals surface area contributed by atoms with Crippen LogP contribution in [0.25, 0.3) is 10.9 Å². The maximum absolute atomic E-state index is 11.1. The topological polar surface area (TPSA) is 51.2 Å². The third kappa shape index (κ3) is 2.93. The van der Waals surface area contributed by atoms with E-state index in [1.807, 2.05) is 30.3 Å². The van der Waals surface area contributed by atoms with Crippen molar-refractivity contribution in [2.75, 3.05) is 6.61 Å². The Balaban J connectivity index is 2.06. The zero-order valence-corrected chi connectivity index (χ0v) is 9.64. The summed E-state index contributed by atoms with van der Waals surface area (Å²) in [6, 6.07) is 9.79. The molecule has 4 nitrogen and oxygen atoms in total. The van der Waals surface area contributed by atoms with Crippen molar-refractivity contribution in [2.24, 2.45) is 0 Å². The van der Waals surface area contributed by atoms with Crippen LogP contribution in [0.2, 0.25) is 0 Å². The fraction of sp³-hybridized carbons (Fsp3) is 0.231. The molecule has 0 bridgehead atoms. The van der Waals surface area contributed by atoms with Crippen molar-refractivity contribution in [2.45, 2.75) is 13.5 Å². The van der Waals surface area contributed by atoms with Crippen LogP contribution in [0.1, 0.15) is 12.5 Å². The van der Waals surface area contributed by atoms with Gasteiger partial charge in [0.05, 0.1) is 12.1 Å². The second-order valence-corrected chi connectivity index (χ2v) is 3.60. The monoisotopic (exact) mass is 230 g/mol. The number of benzene rings is 1. The van der Waals surface area contributed by atoms with Crippen LogP contribution in [0.15, 0.2) is 36.5 Å². The molecular formula is C13H14N2O2. The van der Waals surface area contributed by atoms with Gasteiger partial charge in [0.1, 0.15) is 0 Å². The molecule has 0 atom stereocenters. The molecule has 17 heavy (non-hydrogen) atoms.